The van der Waals surface area contributed by atoms with E-state index in [2.05, 4.69) is 6.07 Å². The SMILES string of the molecule is O=CCCCc1ccccc1-c1ccc(F)cc1. The molecule has 0 aromatic heterocycles. The third kappa shape index (κ3) is 3.04. The number of hydrogen-bond donors (Lipinski definition) is 0. The average molecular weight is 242 g/mol. The Morgan fingerprint density at radius 1 is 1.00 bits per heavy atom. The van der Waals surface area contributed by atoms with E-state index < -0.39 is 0 Å². The Morgan fingerprint density at radius 2 is 1.72 bits per heavy atom. The summed E-state index contributed by atoms with van der Waals surface area (Å²) in [6.45, 7) is 0. The van der Waals surface area contributed by atoms with E-state index in [1.807, 2.05) is 18.2 Å². The van der Waals surface area contributed by atoms with Gasteiger partial charge in [-0.2, -0.15) is 0 Å². The van der Waals surface area contributed by atoms with Crippen molar-refractivity contribution < 1.29 is 9.18 Å². The van der Waals surface area contributed by atoms with Gasteiger partial charge in [0.05, 0.1) is 0 Å². The number of aryl methyl sites for hydroxylation is 1. The second-order valence-corrected chi connectivity index (χ2v) is 4.22. The van der Waals surface area contributed by atoms with Crippen LogP contribution < -0.4 is 0 Å². The first-order valence-corrected chi connectivity index (χ1v) is 6.09. The molecule has 0 unspecified atom stereocenters. The highest BCUT2D eigenvalue weighted by Crippen LogP contribution is 2.25. The van der Waals surface area contributed by atoms with Crippen molar-refractivity contribution in [3.63, 3.8) is 0 Å². The Morgan fingerprint density at radius 3 is 2.44 bits per heavy atom. The first-order chi connectivity index (χ1) is 8.81. The molecule has 0 spiro atoms. The molecule has 0 aliphatic rings. The van der Waals surface area contributed by atoms with Gasteiger partial charge in [0.25, 0.3) is 0 Å². The smallest absolute Gasteiger partial charge is 0.123 e. The van der Waals surface area contributed by atoms with Gasteiger partial charge >= 0.3 is 0 Å². The fourth-order valence-corrected chi connectivity index (χ4v) is 2.03. The molecule has 2 aromatic rings. The van der Waals surface area contributed by atoms with E-state index in [1.165, 1.54) is 17.7 Å². The maximum atomic E-state index is 12.9. The number of aldehydes is 1. The van der Waals surface area contributed by atoms with Crippen LogP contribution in [-0.4, -0.2) is 6.29 Å². The van der Waals surface area contributed by atoms with Crippen molar-refractivity contribution in [2.24, 2.45) is 0 Å². The molecule has 0 radical (unpaired) electrons. The van der Waals surface area contributed by atoms with Gasteiger partial charge in [0.15, 0.2) is 0 Å². The minimum atomic E-state index is -0.225. The largest absolute Gasteiger partial charge is 0.303 e. The molecule has 2 aromatic carbocycles. The lowest BCUT2D eigenvalue weighted by Crippen LogP contribution is -1.91. The second-order valence-electron chi connectivity index (χ2n) is 4.22. The zero-order valence-electron chi connectivity index (χ0n) is 10.1. The second kappa shape index (κ2) is 6.10. The molecule has 0 aliphatic heterocycles. The Hall–Kier alpha value is -1.96. The van der Waals surface area contributed by atoms with Crippen LogP contribution in [0.2, 0.25) is 0 Å². The quantitative estimate of drug-likeness (QED) is 0.572. The van der Waals surface area contributed by atoms with Gasteiger partial charge in [0.2, 0.25) is 0 Å². The van der Waals surface area contributed by atoms with Gasteiger partial charge in [-0.1, -0.05) is 36.4 Å². The zero-order valence-corrected chi connectivity index (χ0v) is 10.1. The molecule has 2 rings (SSSR count). The molecule has 0 heterocycles. The fourth-order valence-electron chi connectivity index (χ4n) is 2.03. The molecule has 0 fully saturated rings. The van der Waals surface area contributed by atoms with Crippen LogP contribution in [0.4, 0.5) is 4.39 Å². The summed E-state index contributed by atoms with van der Waals surface area (Å²) in [5, 5.41) is 0. The lowest BCUT2D eigenvalue weighted by Gasteiger charge is -2.09. The van der Waals surface area contributed by atoms with Gasteiger partial charge in [-0.05, 0) is 41.7 Å². The number of hydrogen-bond acceptors (Lipinski definition) is 1. The number of unbranched alkanes of at least 4 members (excludes halogenated alkanes) is 1. The molecule has 0 saturated heterocycles. The van der Waals surface area contributed by atoms with Gasteiger partial charge in [-0.25, -0.2) is 4.39 Å². The topological polar surface area (TPSA) is 17.1 Å². The summed E-state index contributed by atoms with van der Waals surface area (Å²) in [6, 6.07) is 14.6. The molecule has 0 atom stereocenters. The van der Waals surface area contributed by atoms with Crippen molar-refractivity contribution in [1.82, 2.24) is 0 Å². The van der Waals surface area contributed by atoms with Gasteiger partial charge in [0.1, 0.15) is 12.1 Å². The van der Waals surface area contributed by atoms with Crippen LogP contribution in [0.5, 0.6) is 0 Å². The molecule has 0 amide bonds. The lowest BCUT2D eigenvalue weighted by atomic mass is 9.96. The third-order valence-corrected chi connectivity index (χ3v) is 2.94. The van der Waals surface area contributed by atoms with Crippen molar-refractivity contribution in [2.45, 2.75) is 19.3 Å². The van der Waals surface area contributed by atoms with E-state index in [1.54, 1.807) is 12.1 Å². The number of benzene rings is 2. The first kappa shape index (κ1) is 12.5. The zero-order chi connectivity index (χ0) is 12.8. The van der Waals surface area contributed by atoms with Crippen LogP contribution in [0.25, 0.3) is 11.1 Å². The van der Waals surface area contributed by atoms with E-state index in [-0.39, 0.29) is 5.82 Å². The Kier molecular flexibility index (Phi) is 4.24. The van der Waals surface area contributed by atoms with Gasteiger partial charge in [-0.15, -0.1) is 0 Å². The number of carbonyl (C=O) groups is 1. The van der Waals surface area contributed by atoms with Gasteiger partial charge in [0, 0.05) is 6.42 Å². The van der Waals surface area contributed by atoms with Crippen molar-refractivity contribution in [2.75, 3.05) is 0 Å². The molecular formula is C16H15FO. The van der Waals surface area contributed by atoms with Gasteiger partial charge in [-0.3, -0.25) is 0 Å². The van der Waals surface area contributed by atoms with E-state index >= 15 is 0 Å². The average Bonchev–Trinajstić information content (AvgIpc) is 2.41. The molecule has 1 nitrogen and oxygen atoms in total. The minimum absolute atomic E-state index is 0.225. The van der Waals surface area contributed by atoms with Crippen molar-refractivity contribution >= 4 is 6.29 Å². The van der Waals surface area contributed by atoms with Crippen LogP contribution in [0.1, 0.15) is 18.4 Å². The molecule has 0 N–H and O–H groups in total. The molecule has 0 saturated carbocycles. The highest BCUT2D eigenvalue weighted by atomic mass is 19.1. The Labute approximate surface area is 106 Å². The molecule has 0 bridgehead atoms. The first-order valence-electron chi connectivity index (χ1n) is 6.09. The minimum Gasteiger partial charge on any atom is -0.303 e. The predicted octanol–water partition coefficient (Wildman–Crippen LogP) is 4.01. The van der Waals surface area contributed by atoms with Crippen molar-refractivity contribution in [3.05, 3.63) is 59.9 Å². The van der Waals surface area contributed by atoms with Crippen molar-refractivity contribution in [3.8, 4) is 11.1 Å². The van der Waals surface area contributed by atoms with E-state index in [0.29, 0.717) is 6.42 Å². The summed E-state index contributed by atoms with van der Waals surface area (Å²) < 4.78 is 12.9. The van der Waals surface area contributed by atoms with Crippen LogP contribution in [0, 0.1) is 5.82 Å². The summed E-state index contributed by atoms with van der Waals surface area (Å²) in [5.74, 6) is -0.225. The predicted molar refractivity (Wildman–Crippen MR) is 70.8 cm³/mol. The lowest BCUT2D eigenvalue weighted by molar-refractivity contribution is -0.107. The standard InChI is InChI=1S/C16H15FO/c17-15-10-8-14(9-11-15)16-7-2-1-5-13(16)6-3-4-12-18/h1-2,5,7-12H,3-4,6H2. The highest BCUT2D eigenvalue weighted by Gasteiger charge is 2.04. The maximum absolute atomic E-state index is 12.9. The molecule has 18 heavy (non-hydrogen) atoms. The Bertz CT molecular complexity index is 517. The van der Waals surface area contributed by atoms with Crippen molar-refractivity contribution in [1.29, 1.82) is 0 Å². The molecule has 92 valence electrons. The fraction of sp³-hybridized carbons (Fsp3) is 0.188. The van der Waals surface area contributed by atoms with E-state index in [4.69, 9.17) is 0 Å². The number of halogens is 1. The highest BCUT2D eigenvalue weighted by molar-refractivity contribution is 5.67. The summed E-state index contributed by atoms with van der Waals surface area (Å²) in [7, 11) is 0. The van der Waals surface area contributed by atoms with Gasteiger partial charge < -0.3 is 4.79 Å². The summed E-state index contributed by atoms with van der Waals surface area (Å²) in [5.41, 5.74) is 3.33. The maximum Gasteiger partial charge on any atom is 0.123 e. The van der Waals surface area contributed by atoms with E-state index in [9.17, 15) is 9.18 Å². The van der Waals surface area contributed by atoms with Crippen LogP contribution in [-0.2, 0) is 11.2 Å². The monoisotopic (exact) mass is 242 g/mol. The van der Waals surface area contributed by atoms with Crippen LogP contribution in [0.3, 0.4) is 0 Å². The summed E-state index contributed by atoms with van der Waals surface area (Å²) >= 11 is 0. The third-order valence-electron chi connectivity index (χ3n) is 2.94. The molecular weight excluding hydrogens is 227 g/mol. The van der Waals surface area contributed by atoms with Crippen LogP contribution in [0.15, 0.2) is 48.5 Å². The normalized spacial score (nSPS) is 10.3. The number of rotatable bonds is 5. The summed E-state index contributed by atoms with van der Waals surface area (Å²) in [4.78, 5) is 10.3. The number of carbonyl (C=O) groups excluding carboxylic acids is 1. The molecule has 0 aliphatic carbocycles. The Balaban J connectivity index is 2.26. The van der Waals surface area contributed by atoms with Crippen LogP contribution >= 0.6 is 0 Å². The summed E-state index contributed by atoms with van der Waals surface area (Å²) in [6.07, 6.45) is 3.24. The van der Waals surface area contributed by atoms with E-state index in [0.717, 1.165) is 30.3 Å². The molecule has 2 heteroatoms.